The van der Waals surface area contributed by atoms with Gasteiger partial charge in [-0.1, -0.05) is 24.3 Å². The average molecular weight is 369 g/mol. The lowest BCUT2D eigenvalue weighted by Crippen LogP contribution is -2.38. The number of ether oxygens (including phenoxy) is 1. The summed E-state index contributed by atoms with van der Waals surface area (Å²) < 4.78 is 5.12. The highest BCUT2D eigenvalue weighted by molar-refractivity contribution is 5.97. The number of carbonyl (C=O) groups is 2. The summed E-state index contributed by atoms with van der Waals surface area (Å²) in [5, 5.41) is 13.7. The largest absolute Gasteiger partial charge is 0.452 e. The number of carbonyl (C=O) groups excluding carboxylic acids is 2. The average Bonchev–Trinajstić information content (AvgIpc) is 2.70. The van der Waals surface area contributed by atoms with Crippen LogP contribution in [-0.2, 0) is 22.5 Å². The zero-order valence-corrected chi connectivity index (χ0v) is 14.8. The van der Waals surface area contributed by atoms with E-state index >= 15 is 0 Å². The number of rotatable bonds is 5. The predicted octanol–water partition coefficient (Wildman–Crippen LogP) is 2.38. The van der Waals surface area contributed by atoms with Crippen LogP contribution in [0.15, 0.2) is 42.5 Å². The SMILES string of the molecule is CNc1ccc([N+](=O)[O-])cc1C(=O)OCC(=O)N1CCc2ccccc2C1. The lowest BCUT2D eigenvalue weighted by Gasteiger charge is -2.28. The van der Waals surface area contributed by atoms with Crippen LogP contribution in [0.4, 0.5) is 11.4 Å². The minimum atomic E-state index is -0.784. The van der Waals surface area contributed by atoms with Gasteiger partial charge >= 0.3 is 5.97 Å². The van der Waals surface area contributed by atoms with E-state index in [1.807, 2.05) is 24.3 Å². The molecule has 2 aromatic rings. The molecule has 27 heavy (non-hydrogen) atoms. The van der Waals surface area contributed by atoms with E-state index in [2.05, 4.69) is 5.32 Å². The molecule has 1 aliphatic rings. The molecule has 0 fully saturated rings. The highest BCUT2D eigenvalue weighted by atomic mass is 16.6. The molecule has 8 heteroatoms. The predicted molar refractivity (Wildman–Crippen MR) is 98.5 cm³/mol. The van der Waals surface area contributed by atoms with Crippen molar-refractivity contribution >= 4 is 23.3 Å². The first kappa shape index (κ1) is 18.4. The van der Waals surface area contributed by atoms with Crippen LogP contribution in [0, 0.1) is 10.1 Å². The van der Waals surface area contributed by atoms with Crippen LogP contribution in [0.5, 0.6) is 0 Å². The highest BCUT2D eigenvalue weighted by Crippen LogP contribution is 2.23. The molecular formula is C19H19N3O5. The van der Waals surface area contributed by atoms with Crippen molar-refractivity contribution in [2.45, 2.75) is 13.0 Å². The molecule has 0 radical (unpaired) electrons. The van der Waals surface area contributed by atoms with Gasteiger partial charge in [0.05, 0.1) is 10.5 Å². The molecule has 0 spiro atoms. The van der Waals surface area contributed by atoms with Crippen molar-refractivity contribution in [2.75, 3.05) is 25.5 Å². The fourth-order valence-corrected chi connectivity index (χ4v) is 3.04. The molecule has 2 aromatic carbocycles. The Morgan fingerprint density at radius 1 is 1.22 bits per heavy atom. The molecule has 0 saturated heterocycles. The van der Waals surface area contributed by atoms with Gasteiger partial charge in [0.2, 0.25) is 0 Å². The van der Waals surface area contributed by atoms with Crippen molar-refractivity contribution < 1.29 is 19.2 Å². The molecule has 0 aromatic heterocycles. The number of anilines is 1. The smallest absolute Gasteiger partial charge is 0.341 e. The summed E-state index contributed by atoms with van der Waals surface area (Å²) in [5.74, 6) is -1.08. The zero-order valence-electron chi connectivity index (χ0n) is 14.8. The van der Waals surface area contributed by atoms with Gasteiger partial charge in [-0.15, -0.1) is 0 Å². The first-order chi connectivity index (χ1) is 13.0. The maximum atomic E-state index is 12.4. The number of hydrogen-bond acceptors (Lipinski definition) is 6. The van der Waals surface area contributed by atoms with Gasteiger partial charge in [-0.05, 0) is 23.6 Å². The van der Waals surface area contributed by atoms with Gasteiger partial charge in [0.15, 0.2) is 6.61 Å². The lowest BCUT2D eigenvalue weighted by atomic mass is 10.00. The van der Waals surface area contributed by atoms with Gasteiger partial charge in [-0.25, -0.2) is 4.79 Å². The summed E-state index contributed by atoms with van der Waals surface area (Å²) in [6.07, 6.45) is 0.755. The summed E-state index contributed by atoms with van der Waals surface area (Å²) in [6, 6.07) is 11.8. The Kier molecular flexibility index (Phi) is 5.35. The Morgan fingerprint density at radius 3 is 2.67 bits per heavy atom. The third-order valence-corrected chi connectivity index (χ3v) is 4.51. The fraction of sp³-hybridized carbons (Fsp3) is 0.263. The van der Waals surface area contributed by atoms with Crippen LogP contribution < -0.4 is 5.32 Å². The van der Waals surface area contributed by atoms with Crippen LogP contribution in [-0.4, -0.2) is 41.9 Å². The number of non-ortho nitro benzene ring substituents is 1. The maximum absolute atomic E-state index is 12.4. The fourth-order valence-electron chi connectivity index (χ4n) is 3.04. The van der Waals surface area contributed by atoms with Crippen molar-refractivity contribution in [1.82, 2.24) is 4.90 Å². The Labute approximate surface area is 155 Å². The number of esters is 1. The third kappa shape index (κ3) is 4.05. The standard InChI is InChI=1S/C19H19N3O5/c1-20-17-7-6-15(22(25)26)10-16(17)19(24)27-12-18(23)21-9-8-13-4-2-3-5-14(13)11-21/h2-7,10,20H,8-9,11-12H2,1H3. The zero-order chi connectivity index (χ0) is 19.4. The number of nitrogens with zero attached hydrogens (tertiary/aromatic N) is 2. The van der Waals surface area contributed by atoms with Crippen LogP contribution >= 0.6 is 0 Å². The molecule has 0 saturated carbocycles. The van der Waals surface area contributed by atoms with Crippen molar-refractivity contribution in [3.8, 4) is 0 Å². The van der Waals surface area contributed by atoms with Gasteiger partial charge in [-0.2, -0.15) is 0 Å². The maximum Gasteiger partial charge on any atom is 0.341 e. The molecule has 8 nitrogen and oxygen atoms in total. The second-order valence-corrected chi connectivity index (χ2v) is 6.15. The van der Waals surface area contributed by atoms with Crippen LogP contribution in [0.25, 0.3) is 0 Å². The summed E-state index contributed by atoms with van der Waals surface area (Å²) in [6.45, 7) is 0.629. The van der Waals surface area contributed by atoms with E-state index in [0.717, 1.165) is 18.1 Å². The van der Waals surface area contributed by atoms with Crippen LogP contribution in [0.3, 0.4) is 0 Å². The quantitative estimate of drug-likeness (QED) is 0.493. The number of hydrogen-bond donors (Lipinski definition) is 1. The minimum absolute atomic E-state index is 0.0171. The normalized spacial score (nSPS) is 12.9. The molecular weight excluding hydrogens is 350 g/mol. The third-order valence-electron chi connectivity index (χ3n) is 4.51. The molecule has 0 bridgehead atoms. The Hall–Kier alpha value is -3.42. The number of amides is 1. The van der Waals surface area contributed by atoms with Crippen molar-refractivity contribution in [3.05, 3.63) is 69.3 Å². The number of fused-ring (bicyclic) bond motifs is 1. The van der Waals surface area contributed by atoms with E-state index in [4.69, 9.17) is 4.74 Å². The molecule has 1 aliphatic heterocycles. The van der Waals surface area contributed by atoms with Crippen molar-refractivity contribution in [3.63, 3.8) is 0 Å². The van der Waals surface area contributed by atoms with Gasteiger partial charge in [-0.3, -0.25) is 14.9 Å². The van der Waals surface area contributed by atoms with E-state index in [1.165, 1.54) is 17.7 Å². The number of benzene rings is 2. The summed E-state index contributed by atoms with van der Waals surface area (Å²) in [5.41, 5.74) is 2.49. The molecule has 1 heterocycles. The number of nitro groups is 1. The topological polar surface area (TPSA) is 102 Å². The monoisotopic (exact) mass is 369 g/mol. The second-order valence-electron chi connectivity index (χ2n) is 6.15. The molecule has 0 atom stereocenters. The van der Waals surface area contributed by atoms with Crippen molar-refractivity contribution in [1.29, 1.82) is 0 Å². The molecule has 1 amide bonds. The molecule has 0 unspecified atom stereocenters. The number of nitrogens with one attached hydrogen (secondary N) is 1. The molecule has 0 aliphatic carbocycles. The molecule has 140 valence electrons. The molecule has 1 N–H and O–H groups in total. The Balaban J connectivity index is 1.65. The van der Waals surface area contributed by atoms with Gasteiger partial charge < -0.3 is 15.0 Å². The van der Waals surface area contributed by atoms with E-state index in [1.54, 1.807) is 11.9 Å². The van der Waals surface area contributed by atoms with Gasteiger partial charge in [0.25, 0.3) is 11.6 Å². The number of nitro benzene ring substituents is 1. The van der Waals surface area contributed by atoms with Crippen LogP contribution in [0.1, 0.15) is 21.5 Å². The van der Waals surface area contributed by atoms with Gasteiger partial charge in [0.1, 0.15) is 0 Å². The highest BCUT2D eigenvalue weighted by Gasteiger charge is 2.23. The van der Waals surface area contributed by atoms with Gasteiger partial charge in [0, 0.05) is 38.0 Å². The minimum Gasteiger partial charge on any atom is -0.452 e. The van der Waals surface area contributed by atoms with E-state index in [9.17, 15) is 19.7 Å². The van der Waals surface area contributed by atoms with E-state index < -0.39 is 17.5 Å². The molecule has 3 rings (SSSR count). The van der Waals surface area contributed by atoms with Crippen molar-refractivity contribution in [2.24, 2.45) is 0 Å². The summed E-state index contributed by atoms with van der Waals surface area (Å²) in [4.78, 5) is 36.7. The summed E-state index contributed by atoms with van der Waals surface area (Å²) in [7, 11) is 1.59. The first-order valence-corrected chi connectivity index (χ1v) is 8.47. The Morgan fingerprint density at radius 2 is 1.96 bits per heavy atom. The van der Waals surface area contributed by atoms with Crippen LogP contribution in [0.2, 0.25) is 0 Å². The second kappa shape index (κ2) is 7.86. The summed E-state index contributed by atoms with van der Waals surface area (Å²) >= 11 is 0. The Bertz CT molecular complexity index is 897. The van der Waals surface area contributed by atoms with E-state index in [-0.39, 0.29) is 17.2 Å². The lowest BCUT2D eigenvalue weighted by molar-refractivity contribution is -0.384. The first-order valence-electron chi connectivity index (χ1n) is 8.47. The van der Waals surface area contributed by atoms with E-state index in [0.29, 0.717) is 18.8 Å².